The van der Waals surface area contributed by atoms with Gasteiger partial charge in [-0.05, 0) is 24.7 Å². The van der Waals surface area contributed by atoms with Crippen LogP contribution in [0.2, 0.25) is 0 Å². The summed E-state index contributed by atoms with van der Waals surface area (Å²) in [6, 6.07) is 0. The van der Waals surface area contributed by atoms with Crippen LogP contribution >= 0.6 is 0 Å². The highest BCUT2D eigenvalue weighted by molar-refractivity contribution is 5.70. The van der Waals surface area contributed by atoms with Gasteiger partial charge in [0.2, 0.25) is 0 Å². The van der Waals surface area contributed by atoms with E-state index in [0.717, 1.165) is 25.2 Å². The maximum atomic E-state index is 11.7. The molecule has 2 nitrogen and oxygen atoms in total. The van der Waals surface area contributed by atoms with E-state index in [-0.39, 0.29) is 5.92 Å². The molecule has 0 rings (SSSR count). The van der Waals surface area contributed by atoms with Gasteiger partial charge in [-0.2, -0.15) is 0 Å². The van der Waals surface area contributed by atoms with Crippen molar-refractivity contribution in [1.29, 1.82) is 0 Å². The minimum Gasteiger partial charge on any atom is -0.481 e. The average molecular weight is 425 g/mol. The molecule has 0 radical (unpaired) electrons. The molecule has 0 amide bonds. The molecule has 0 aromatic rings. The molecular weight excluding hydrogens is 368 g/mol. The summed E-state index contributed by atoms with van der Waals surface area (Å²) in [7, 11) is 0. The Morgan fingerprint density at radius 1 is 0.567 bits per heavy atom. The van der Waals surface area contributed by atoms with Gasteiger partial charge in [0.1, 0.15) is 0 Å². The second-order valence-electron chi connectivity index (χ2n) is 10.3. The molecule has 0 heterocycles. The minimum atomic E-state index is -0.568. The molecule has 0 aliphatic heterocycles. The largest absolute Gasteiger partial charge is 0.481 e. The molecule has 0 fully saturated rings. The van der Waals surface area contributed by atoms with Crippen molar-refractivity contribution in [2.75, 3.05) is 0 Å². The molecule has 0 aliphatic rings. The summed E-state index contributed by atoms with van der Waals surface area (Å²) in [5, 5.41) is 9.62. The number of carboxylic acid groups (broad SMARTS) is 1. The van der Waals surface area contributed by atoms with Crippen molar-refractivity contribution in [2.24, 2.45) is 17.8 Å². The van der Waals surface area contributed by atoms with Gasteiger partial charge in [-0.15, -0.1) is 0 Å². The maximum absolute atomic E-state index is 11.7. The van der Waals surface area contributed by atoms with Gasteiger partial charge in [0.25, 0.3) is 0 Å². The number of hydrogen-bond donors (Lipinski definition) is 1. The smallest absolute Gasteiger partial charge is 0.306 e. The highest BCUT2D eigenvalue weighted by Crippen LogP contribution is 2.25. The van der Waals surface area contributed by atoms with Gasteiger partial charge in [-0.25, -0.2) is 0 Å². The summed E-state index contributed by atoms with van der Waals surface area (Å²) in [5.74, 6) is 0.492. The Morgan fingerprint density at radius 3 is 1.33 bits per heavy atom. The number of unbranched alkanes of at least 4 members (excludes halogenated alkanes) is 15. The van der Waals surface area contributed by atoms with Crippen LogP contribution in [-0.2, 0) is 4.79 Å². The van der Waals surface area contributed by atoms with Crippen LogP contribution < -0.4 is 0 Å². The number of carbonyl (C=O) groups is 1. The molecule has 0 bridgehead atoms. The molecule has 2 heteroatoms. The quantitative estimate of drug-likeness (QED) is 0.166. The van der Waals surface area contributed by atoms with Crippen molar-refractivity contribution in [1.82, 2.24) is 0 Å². The standard InChI is InChI=1S/C28H56O2/c1-5-6-7-8-17-20-23-26(4)27(28(29)30)24-21-18-15-13-11-9-10-12-14-16-19-22-25(2)3/h25-27H,5-24H2,1-4H3,(H,29,30). The molecule has 0 aromatic heterocycles. The summed E-state index contributed by atoms with van der Waals surface area (Å²) < 4.78 is 0. The fourth-order valence-corrected chi connectivity index (χ4v) is 4.61. The first kappa shape index (κ1) is 29.5. The Kier molecular flexibility index (Phi) is 21.3. The summed E-state index contributed by atoms with van der Waals surface area (Å²) in [4.78, 5) is 11.7. The predicted octanol–water partition coefficient (Wildman–Crippen LogP) is 9.80. The first-order valence-corrected chi connectivity index (χ1v) is 13.7. The van der Waals surface area contributed by atoms with Crippen molar-refractivity contribution in [3.05, 3.63) is 0 Å². The van der Waals surface area contributed by atoms with Crippen molar-refractivity contribution >= 4 is 5.97 Å². The third-order valence-electron chi connectivity index (χ3n) is 6.81. The number of rotatable bonds is 23. The summed E-state index contributed by atoms with van der Waals surface area (Å²) in [6.45, 7) is 9.04. The number of aliphatic carboxylic acids is 1. The molecule has 0 aromatic carbocycles. The van der Waals surface area contributed by atoms with Crippen LogP contribution in [0.4, 0.5) is 0 Å². The zero-order valence-electron chi connectivity index (χ0n) is 21.2. The normalized spacial score (nSPS) is 13.6. The fourth-order valence-electron chi connectivity index (χ4n) is 4.61. The molecule has 2 unspecified atom stereocenters. The van der Waals surface area contributed by atoms with E-state index in [1.54, 1.807) is 0 Å². The molecular formula is C28H56O2. The van der Waals surface area contributed by atoms with E-state index in [9.17, 15) is 9.90 Å². The molecule has 2 atom stereocenters. The van der Waals surface area contributed by atoms with Crippen LogP contribution in [0, 0.1) is 17.8 Å². The van der Waals surface area contributed by atoms with E-state index in [4.69, 9.17) is 0 Å². The minimum absolute atomic E-state index is 0.128. The summed E-state index contributed by atoms with van der Waals surface area (Å²) in [6.07, 6.45) is 25.8. The third kappa shape index (κ3) is 19.4. The topological polar surface area (TPSA) is 37.3 Å². The Morgan fingerprint density at radius 2 is 0.933 bits per heavy atom. The van der Waals surface area contributed by atoms with E-state index in [1.807, 2.05) is 0 Å². The zero-order chi connectivity index (χ0) is 22.5. The van der Waals surface area contributed by atoms with Crippen LogP contribution in [0.5, 0.6) is 0 Å². The predicted molar refractivity (Wildman–Crippen MR) is 133 cm³/mol. The first-order chi connectivity index (χ1) is 14.5. The van der Waals surface area contributed by atoms with E-state index < -0.39 is 5.97 Å². The van der Waals surface area contributed by atoms with Crippen LogP contribution in [0.3, 0.4) is 0 Å². The second-order valence-corrected chi connectivity index (χ2v) is 10.3. The van der Waals surface area contributed by atoms with Gasteiger partial charge in [0, 0.05) is 0 Å². The number of hydrogen-bond acceptors (Lipinski definition) is 1. The van der Waals surface area contributed by atoms with Gasteiger partial charge in [-0.3, -0.25) is 4.79 Å². The summed E-state index contributed by atoms with van der Waals surface area (Å²) in [5.41, 5.74) is 0. The van der Waals surface area contributed by atoms with Crippen LogP contribution in [0.1, 0.15) is 156 Å². The highest BCUT2D eigenvalue weighted by Gasteiger charge is 2.23. The number of carboxylic acids is 1. The summed E-state index contributed by atoms with van der Waals surface area (Å²) >= 11 is 0. The lowest BCUT2D eigenvalue weighted by Gasteiger charge is -2.20. The van der Waals surface area contributed by atoms with Gasteiger partial charge in [0.15, 0.2) is 0 Å². The van der Waals surface area contributed by atoms with Crippen LogP contribution in [-0.4, -0.2) is 11.1 Å². The second kappa shape index (κ2) is 21.7. The monoisotopic (exact) mass is 424 g/mol. The molecule has 1 N–H and O–H groups in total. The van der Waals surface area contributed by atoms with Crippen molar-refractivity contribution in [2.45, 2.75) is 156 Å². The Balaban J connectivity index is 3.57. The Bertz CT molecular complexity index is 364. The molecule has 0 spiro atoms. The third-order valence-corrected chi connectivity index (χ3v) is 6.81. The van der Waals surface area contributed by atoms with Gasteiger partial charge < -0.3 is 5.11 Å². The van der Waals surface area contributed by atoms with Crippen molar-refractivity contribution in [3.63, 3.8) is 0 Å². The highest BCUT2D eigenvalue weighted by atomic mass is 16.4. The zero-order valence-corrected chi connectivity index (χ0v) is 21.2. The first-order valence-electron chi connectivity index (χ1n) is 13.7. The van der Waals surface area contributed by atoms with E-state index in [1.165, 1.54) is 109 Å². The lowest BCUT2D eigenvalue weighted by Crippen LogP contribution is -2.21. The van der Waals surface area contributed by atoms with Crippen LogP contribution in [0.15, 0.2) is 0 Å². The van der Waals surface area contributed by atoms with E-state index in [0.29, 0.717) is 5.92 Å². The van der Waals surface area contributed by atoms with Crippen LogP contribution in [0.25, 0.3) is 0 Å². The van der Waals surface area contributed by atoms with Gasteiger partial charge in [-0.1, -0.05) is 143 Å². The van der Waals surface area contributed by atoms with Gasteiger partial charge >= 0.3 is 5.97 Å². The molecule has 30 heavy (non-hydrogen) atoms. The van der Waals surface area contributed by atoms with Crippen molar-refractivity contribution < 1.29 is 9.90 Å². The lowest BCUT2D eigenvalue weighted by atomic mass is 9.85. The average Bonchev–Trinajstić information content (AvgIpc) is 2.70. The Hall–Kier alpha value is -0.530. The van der Waals surface area contributed by atoms with E-state index in [2.05, 4.69) is 27.7 Å². The van der Waals surface area contributed by atoms with Gasteiger partial charge in [0.05, 0.1) is 5.92 Å². The van der Waals surface area contributed by atoms with Crippen molar-refractivity contribution in [3.8, 4) is 0 Å². The lowest BCUT2D eigenvalue weighted by molar-refractivity contribution is -0.143. The molecule has 0 saturated heterocycles. The van der Waals surface area contributed by atoms with E-state index >= 15 is 0 Å². The molecule has 0 saturated carbocycles. The molecule has 0 aliphatic carbocycles. The maximum Gasteiger partial charge on any atom is 0.306 e. The molecule has 180 valence electrons. The SMILES string of the molecule is CCCCCCCCC(C)C(CCCCCCCCCCCCCC(C)C)C(=O)O. The fraction of sp³-hybridized carbons (Fsp3) is 0.964. The Labute approximate surface area is 190 Å².